The molecule has 0 unspecified atom stereocenters. The average Bonchev–Trinajstić information content (AvgIpc) is 3.15. The predicted octanol–water partition coefficient (Wildman–Crippen LogP) is 6.48. The molecule has 0 bridgehead atoms. The molecule has 2 fully saturated rings. The molecule has 2 aliphatic rings. The number of carbonyl (C=O) groups is 1. The molecule has 2 atom stereocenters. The van der Waals surface area contributed by atoms with Crippen LogP contribution in [0.4, 0.5) is 18.3 Å². The highest BCUT2D eigenvalue weighted by molar-refractivity contribution is 5.68. The molecule has 9 heteroatoms. The number of alkyl halides is 2. The second kappa shape index (κ2) is 9.97. The van der Waals surface area contributed by atoms with Crippen LogP contribution in [0, 0.1) is 18.8 Å². The summed E-state index contributed by atoms with van der Waals surface area (Å²) in [6.45, 7) is 12.1. The molecule has 1 saturated carbocycles. The average molecular weight is 497 g/mol. The molecule has 0 N–H and O–H groups in total. The maximum Gasteiger partial charge on any atom is 0.410 e. The van der Waals surface area contributed by atoms with Crippen molar-refractivity contribution in [3.8, 4) is 0 Å². The van der Waals surface area contributed by atoms with Crippen LogP contribution in [0.3, 0.4) is 0 Å². The Morgan fingerprint density at radius 2 is 1.74 bits per heavy atom. The van der Waals surface area contributed by atoms with Crippen molar-refractivity contribution in [1.29, 1.82) is 0 Å². The first kappa shape index (κ1) is 27.3. The number of ether oxygens (including phenoxy) is 1. The number of hydrogen-bond acceptors (Lipinski definition) is 4. The Labute approximate surface area is 205 Å². The van der Waals surface area contributed by atoms with E-state index in [4.69, 9.17) is 14.8 Å². The van der Waals surface area contributed by atoms with E-state index in [1.165, 1.54) is 0 Å². The number of piperidine rings is 1. The van der Waals surface area contributed by atoms with Crippen molar-refractivity contribution in [2.45, 2.75) is 97.0 Å². The Morgan fingerprint density at radius 1 is 1.09 bits per heavy atom. The zero-order valence-electron chi connectivity index (χ0n) is 21.7. The normalized spacial score (nSPS) is 25.9. The van der Waals surface area contributed by atoms with Crippen LogP contribution in [0.2, 0.25) is 0 Å². The van der Waals surface area contributed by atoms with Crippen LogP contribution in [-0.4, -0.2) is 50.2 Å². The summed E-state index contributed by atoms with van der Waals surface area (Å²) < 4.78 is 35.1. The SMILES string of the molecule is Cc1cc([C@@H]2CN(C(=O)OC(C)(C)C)CC[C@@H]2C)n2nc(C3CCC(C(C)(F)F)CC3)cc2n1.F. The van der Waals surface area contributed by atoms with Gasteiger partial charge >= 0.3 is 6.09 Å². The standard InChI is InChI=1S/C26H38F2N4O2.FH/c1-16-11-12-31(24(33)34-25(3,4)5)15-20(16)22-13-17(2)29-23-14-21(30-32(22)23)18-7-9-19(10-8-18)26(6,27)28;/h13-14,16,18-20H,7-12,15H2,1-6H3;1H/t16-,18?,19?,20+;/m0./s1. The second-order valence-electron chi connectivity index (χ2n) is 11.5. The van der Waals surface area contributed by atoms with Crippen molar-refractivity contribution in [3.05, 3.63) is 29.2 Å². The minimum absolute atomic E-state index is 0. The number of halogens is 3. The predicted molar refractivity (Wildman–Crippen MR) is 130 cm³/mol. The molecule has 0 aromatic carbocycles. The van der Waals surface area contributed by atoms with E-state index < -0.39 is 17.4 Å². The first-order chi connectivity index (χ1) is 15.8. The molecular formula is C26H39F3N4O2. The van der Waals surface area contributed by atoms with Gasteiger partial charge in [0.05, 0.1) is 11.4 Å². The van der Waals surface area contributed by atoms with Crippen LogP contribution in [0.25, 0.3) is 5.65 Å². The number of carbonyl (C=O) groups excluding carboxylic acids is 1. The number of fused-ring (bicyclic) bond motifs is 1. The number of amides is 1. The van der Waals surface area contributed by atoms with Crippen molar-refractivity contribution in [2.24, 2.45) is 11.8 Å². The summed E-state index contributed by atoms with van der Waals surface area (Å²) in [5, 5.41) is 4.94. The number of rotatable bonds is 3. The lowest BCUT2D eigenvalue weighted by Gasteiger charge is -2.38. The minimum atomic E-state index is -2.62. The van der Waals surface area contributed by atoms with E-state index in [-0.39, 0.29) is 22.6 Å². The fourth-order valence-electron chi connectivity index (χ4n) is 5.45. The van der Waals surface area contributed by atoms with Gasteiger partial charge in [0.2, 0.25) is 5.92 Å². The van der Waals surface area contributed by atoms with E-state index in [1.54, 1.807) is 4.90 Å². The number of aryl methyl sites for hydroxylation is 1. The fraction of sp³-hybridized carbons (Fsp3) is 0.731. The van der Waals surface area contributed by atoms with Crippen LogP contribution >= 0.6 is 0 Å². The Balaban J connectivity index is 0.00000342. The van der Waals surface area contributed by atoms with Crippen LogP contribution < -0.4 is 0 Å². The third kappa shape index (κ3) is 6.09. The molecule has 0 radical (unpaired) electrons. The molecule has 1 saturated heterocycles. The Hall–Kier alpha value is -2.32. The molecule has 196 valence electrons. The molecule has 2 aromatic heterocycles. The Morgan fingerprint density at radius 3 is 2.34 bits per heavy atom. The fourth-order valence-corrected chi connectivity index (χ4v) is 5.45. The summed E-state index contributed by atoms with van der Waals surface area (Å²) in [6, 6.07) is 4.09. The highest BCUT2D eigenvalue weighted by Gasteiger charge is 2.38. The summed E-state index contributed by atoms with van der Waals surface area (Å²) in [5.74, 6) is -2.51. The maximum absolute atomic E-state index is 13.8. The van der Waals surface area contributed by atoms with Gasteiger partial charge < -0.3 is 9.64 Å². The van der Waals surface area contributed by atoms with Gasteiger partial charge in [0.1, 0.15) is 5.60 Å². The molecule has 1 amide bonds. The van der Waals surface area contributed by atoms with Crippen molar-refractivity contribution in [3.63, 3.8) is 0 Å². The van der Waals surface area contributed by atoms with E-state index in [2.05, 4.69) is 13.0 Å². The van der Waals surface area contributed by atoms with E-state index >= 15 is 0 Å². The summed E-state index contributed by atoms with van der Waals surface area (Å²) in [6.07, 6.45) is 3.09. The number of aromatic nitrogens is 3. The highest BCUT2D eigenvalue weighted by Crippen LogP contribution is 2.42. The molecule has 3 heterocycles. The van der Waals surface area contributed by atoms with Crippen molar-refractivity contribution >= 4 is 11.7 Å². The molecular weight excluding hydrogens is 457 g/mol. The van der Waals surface area contributed by atoms with Gasteiger partial charge in [0, 0.05) is 42.6 Å². The van der Waals surface area contributed by atoms with Crippen molar-refractivity contribution in [2.75, 3.05) is 13.1 Å². The van der Waals surface area contributed by atoms with Gasteiger partial charge in [-0.3, -0.25) is 4.70 Å². The quantitative estimate of drug-likeness (QED) is 0.488. The minimum Gasteiger partial charge on any atom is -0.444 e. The van der Waals surface area contributed by atoms with Gasteiger partial charge in [-0.1, -0.05) is 6.92 Å². The third-order valence-electron chi connectivity index (χ3n) is 7.45. The smallest absolute Gasteiger partial charge is 0.410 e. The first-order valence-corrected chi connectivity index (χ1v) is 12.5. The van der Waals surface area contributed by atoms with Crippen LogP contribution in [0.5, 0.6) is 0 Å². The van der Waals surface area contributed by atoms with Gasteiger partial charge in [-0.05, 0) is 78.7 Å². The van der Waals surface area contributed by atoms with Gasteiger partial charge in [-0.2, -0.15) is 5.10 Å². The molecule has 6 nitrogen and oxygen atoms in total. The number of hydrogen-bond donors (Lipinski definition) is 0. The molecule has 35 heavy (non-hydrogen) atoms. The summed E-state index contributed by atoms with van der Waals surface area (Å²) in [7, 11) is 0. The summed E-state index contributed by atoms with van der Waals surface area (Å²) in [4.78, 5) is 19.3. The van der Waals surface area contributed by atoms with Crippen LogP contribution in [0.15, 0.2) is 12.1 Å². The molecule has 0 spiro atoms. The second-order valence-corrected chi connectivity index (χ2v) is 11.5. The van der Waals surface area contributed by atoms with Gasteiger partial charge in [0.15, 0.2) is 5.65 Å². The van der Waals surface area contributed by atoms with Gasteiger partial charge in [0.25, 0.3) is 0 Å². The first-order valence-electron chi connectivity index (χ1n) is 12.5. The van der Waals surface area contributed by atoms with Crippen molar-refractivity contribution < 1.29 is 23.0 Å². The highest BCUT2D eigenvalue weighted by atomic mass is 19.3. The van der Waals surface area contributed by atoms with Gasteiger partial charge in [-0.15, -0.1) is 0 Å². The molecule has 2 aromatic rings. The molecule has 1 aliphatic carbocycles. The summed E-state index contributed by atoms with van der Waals surface area (Å²) in [5.41, 5.74) is 3.14. The van der Waals surface area contributed by atoms with Crippen LogP contribution in [0.1, 0.15) is 95.6 Å². The van der Waals surface area contributed by atoms with Gasteiger partial charge in [-0.25, -0.2) is 23.1 Å². The lowest BCUT2D eigenvalue weighted by molar-refractivity contribution is -0.0547. The Kier molecular flexibility index (Phi) is 7.77. The zero-order valence-corrected chi connectivity index (χ0v) is 21.7. The van der Waals surface area contributed by atoms with Crippen molar-refractivity contribution in [1.82, 2.24) is 19.5 Å². The van der Waals surface area contributed by atoms with E-state index in [9.17, 15) is 13.6 Å². The lowest BCUT2D eigenvalue weighted by Crippen LogP contribution is -2.45. The third-order valence-corrected chi connectivity index (χ3v) is 7.45. The summed E-state index contributed by atoms with van der Waals surface area (Å²) >= 11 is 0. The topological polar surface area (TPSA) is 59.7 Å². The van der Waals surface area contributed by atoms with Crippen LogP contribution in [-0.2, 0) is 4.74 Å². The van der Waals surface area contributed by atoms with E-state index in [0.29, 0.717) is 31.8 Å². The Bertz CT molecular complexity index is 1040. The molecule has 1 aliphatic heterocycles. The monoisotopic (exact) mass is 496 g/mol. The zero-order chi connectivity index (χ0) is 24.8. The molecule has 4 rings (SSSR count). The maximum atomic E-state index is 13.8. The lowest BCUT2D eigenvalue weighted by atomic mass is 9.78. The number of likely N-dealkylation sites (tertiary alicyclic amines) is 1. The van der Waals surface area contributed by atoms with E-state index in [1.807, 2.05) is 38.3 Å². The largest absolute Gasteiger partial charge is 0.444 e. The van der Waals surface area contributed by atoms with E-state index in [0.717, 1.165) is 48.9 Å². The number of nitrogens with zero attached hydrogens (tertiary/aromatic N) is 4.